The summed E-state index contributed by atoms with van der Waals surface area (Å²) in [5, 5.41) is 0.103. The van der Waals surface area contributed by atoms with Crippen LogP contribution in [0.3, 0.4) is 0 Å². The highest BCUT2D eigenvalue weighted by Crippen LogP contribution is 2.37. The molecule has 0 amide bonds. The maximum absolute atomic E-state index is 15.4. The molecule has 0 spiro atoms. The number of methoxy groups -OCH3 is 1. The van der Waals surface area contributed by atoms with Gasteiger partial charge in [0.2, 0.25) is 0 Å². The van der Waals surface area contributed by atoms with E-state index in [1.807, 2.05) is 18.2 Å². The number of anilines is 1. The van der Waals surface area contributed by atoms with Crippen LogP contribution in [-0.2, 0) is 15.8 Å². The molecule has 0 unspecified atom stereocenters. The van der Waals surface area contributed by atoms with Crippen LogP contribution < -0.4 is 15.8 Å². The van der Waals surface area contributed by atoms with Crippen LogP contribution in [0.4, 0.5) is 10.1 Å². The molecule has 3 aliphatic heterocycles. The number of allylic oxidation sites excluding steroid dienone is 2. The number of ether oxygens (including phenoxy) is 1. The quantitative estimate of drug-likeness (QED) is 0.568. The van der Waals surface area contributed by atoms with Crippen LogP contribution in [0.5, 0.6) is 0 Å². The van der Waals surface area contributed by atoms with E-state index < -0.39 is 8.32 Å². The predicted octanol–water partition coefficient (Wildman–Crippen LogP) is 3.59. The number of piperazine rings is 1. The van der Waals surface area contributed by atoms with E-state index in [9.17, 15) is 0 Å². The summed E-state index contributed by atoms with van der Waals surface area (Å²) >= 11 is 0. The van der Waals surface area contributed by atoms with Crippen LogP contribution >= 0.6 is 0 Å². The van der Waals surface area contributed by atoms with Gasteiger partial charge in [0, 0.05) is 51.9 Å². The lowest BCUT2D eigenvalue weighted by Gasteiger charge is -2.43. The fourth-order valence-electron chi connectivity index (χ4n) is 4.11. The molecule has 2 saturated heterocycles. The lowest BCUT2D eigenvalue weighted by molar-refractivity contribution is -0.0161. The van der Waals surface area contributed by atoms with Crippen LogP contribution in [0.25, 0.3) is 0 Å². The summed E-state index contributed by atoms with van der Waals surface area (Å²) in [5.74, 6) is 1.96. The topological polar surface area (TPSA) is 52.2 Å². The van der Waals surface area contributed by atoms with Crippen molar-refractivity contribution >= 4 is 14.0 Å². The van der Waals surface area contributed by atoms with E-state index in [0.717, 1.165) is 50.9 Å². The van der Waals surface area contributed by atoms with Crippen molar-refractivity contribution in [3.8, 4) is 0 Å². The minimum Gasteiger partial charge on any atom is -0.412 e. The van der Waals surface area contributed by atoms with Gasteiger partial charge in [0.05, 0.1) is 18.4 Å². The van der Waals surface area contributed by atoms with Crippen molar-refractivity contribution < 1.29 is 13.6 Å². The van der Waals surface area contributed by atoms with Crippen LogP contribution in [0.1, 0.15) is 26.3 Å². The number of benzene rings is 1. The normalized spacial score (nSPS) is 19.8. The molecule has 1 aromatic carbocycles. The Hall–Kier alpha value is -2.23. The van der Waals surface area contributed by atoms with Gasteiger partial charge in [-0.3, -0.25) is 10.9 Å². The maximum Gasteiger partial charge on any atom is 0.192 e. The molecule has 4 rings (SSSR count). The molecule has 7 nitrogen and oxygen atoms in total. The fraction of sp³-hybridized carbons (Fsp3) is 0.600. The van der Waals surface area contributed by atoms with Gasteiger partial charge >= 0.3 is 0 Å². The summed E-state index contributed by atoms with van der Waals surface area (Å²) < 4.78 is 27.0. The maximum atomic E-state index is 15.4. The van der Waals surface area contributed by atoms with Crippen molar-refractivity contribution in [1.29, 1.82) is 0 Å². The SMILES string of the molecule is COC1CN(C2=CC=C(N3CCN(c4cccc(CO[Si](C)(C)C(C)(C)C)c4F)CC3)NN2)C1. The van der Waals surface area contributed by atoms with Crippen LogP contribution in [0.2, 0.25) is 18.1 Å². The number of halogens is 1. The minimum atomic E-state index is -1.93. The number of hydrogen-bond donors (Lipinski definition) is 2. The Kier molecular flexibility index (Phi) is 7.16. The highest BCUT2D eigenvalue weighted by molar-refractivity contribution is 6.74. The Bertz CT molecular complexity index is 932. The Balaban J connectivity index is 1.33. The number of nitrogens with zero attached hydrogens (tertiary/aromatic N) is 3. The van der Waals surface area contributed by atoms with E-state index in [-0.39, 0.29) is 10.9 Å². The molecule has 34 heavy (non-hydrogen) atoms. The predicted molar refractivity (Wildman–Crippen MR) is 137 cm³/mol. The van der Waals surface area contributed by atoms with Gasteiger partial charge in [0.25, 0.3) is 0 Å². The molecular weight excluding hydrogens is 449 g/mol. The van der Waals surface area contributed by atoms with Crippen molar-refractivity contribution in [3.05, 3.63) is 53.4 Å². The first-order valence-corrected chi connectivity index (χ1v) is 15.1. The molecule has 0 atom stereocenters. The number of likely N-dealkylation sites (tertiary alicyclic amines) is 1. The van der Waals surface area contributed by atoms with E-state index in [2.05, 4.69) is 71.6 Å². The zero-order valence-corrected chi connectivity index (χ0v) is 22.4. The van der Waals surface area contributed by atoms with E-state index in [0.29, 0.717) is 24.0 Å². The largest absolute Gasteiger partial charge is 0.412 e. The molecule has 0 aromatic heterocycles. The third-order valence-electron chi connectivity index (χ3n) is 7.65. The number of hydrogen-bond acceptors (Lipinski definition) is 7. The summed E-state index contributed by atoms with van der Waals surface area (Å²) in [7, 11) is -0.177. The van der Waals surface area contributed by atoms with Crippen LogP contribution in [0, 0.1) is 5.82 Å². The Labute approximate surface area is 204 Å². The average Bonchev–Trinajstić information content (AvgIpc) is 2.78. The first-order valence-electron chi connectivity index (χ1n) is 12.2. The molecule has 3 aliphatic rings. The van der Waals surface area contributed by atoms with Gasteiger partial charge in [-0.1, -0.05) is 32.9 Å². The summed E-state index contributed by atoms with van der Waals surface area (Å²) in [5.41, 5.74) is 7.93. The van der Waals surface area contributed by atoms with E-state index in [1.54, 1.807) is 7.11 Å². The van der Waals surface area contributed by atoms with Crippen molar-refractivity contribution in [1.82, 2.24) is 20.7 Å². The number of rotatable bonds is 7. The Morgan fingerprint density at radius 2 is 1.56 bits per heavy atom. The third kappa shape index (κ3) is 5.21. The second-order valence-corrected chi connectivity index (χ2v) is 15.7. The highest BCUT2D eigenvalue weighted by Gasteiger charge is 2.37. The molecule has 188 valence electrons. The zero-order chi connectivity index (χ0) is 24.5. The molecule has 2 fully saturated rings. The smallest absolute Gasteiger partial charge is 0.192 e. The van der Waals surface area contributed by atoms with Gasteiger partial charge in [0.1, 0.15) is 11.6 Å². The lowest BCUT2D eigenvalue weighted by atomic mass is 10.1. The van der Waals surface area contributed by atoms with E-state index in [4.69, 9.17) is 9.16 Å². The molecule has 0 aliphatic carbocycles. The second-order valence-electron chi connectivity index (χ2n) is 10.9. The van der Waals surface area contributed by atoms with Gasteiger partial charge in [-0.05, 0) is 36.4 Å². The van der Waals surface area contributed by atoms with Crippen molar-refractivity contribution in [2.75, 3.05) is 51.3 Å². The third-order valence-corrected chi connectivity index (χ3v) is 12.1. The number of hydrazine groups is 1. The molecule has 9 heteroatoms. The van der Waals surface area contributed by atoms with Crippen molar-refractivity contribution in [2.45, 2.75) is 51.6 Å². The average molecular weight is 490 g/mol. The summed E-state index contributed by atoms with van der Waals surface area (Å²) in [6.07, 6.45) is 4.54. The Morgan fingerprint density at radius 1 is 0.971 bits per heavy atom. The second kappa shape index (κ2) is 9.79. The Morgan fingerprint density at radius 3 is 2.12 bits per heavy atom. The van der Waals surface area contributed by atoms with Gasteiger partial charge in [0.15, 0.2) is 14.1 Å². The summed E-state index contributed by atoms with van der Waals surface area (Å²) in [6.45, 7) is 16.3. The van der Waals surface area contributed by atoms with Crippen LogP contribution in [-0.4, -0.2) is 70.6 Å². The van der Waals surface area contributed by atoms with Crippen molar-refractivity contribution in [3.63, 3.8) is 0 Å². The first kappa shape index (κ1) is 24.9. The number of nitrogens with one attached hydrogen (secondary N) is 2. The summed E-state index contributed by atoms with van der Waals surface area (Å²) in [6, 6.07) is 5.68. The van der Waals surface area contributed by atoms with E-state index >= 15 is 4.39 Å². The molecular formula is C25H40FN5O2Si. The van der Waals surface area contributed by atoms with Gasteiger partial charge in [-0.25, -0.2) is 4.39 Å². The lowest BCUT2D eigenvalue weighted by Crippen LogP contribution is -2.57. The molecule has 0 saturated carbocycles. The molecule has 0 radical (unpaired) electrons. The molecule has 0 bridgehead atoms. The van der Waals surface area contributed by atoms with Crippen LogP contribution in [0.15, 0.2) is 42.0 Å². The van der Waals surface area contributed by atoms with Gasteiger partial charge < -0.3 is 23.9 Å². The first-order chi connectivity index (χ1) is 16.1. The van der Waals surface area contributed by atoms with Gasteiger partial charge in [-0.2, -0.15) is 0 Å². The molecule has 1 aromatic rings. The minimum absolute atomic E-state index is 0.103. The van der Waals surface area contributed by atoms with Crippen molar-refractivity contribution in [2.24, 2.45) is 0 Å². The monoisotopic (exact) mass is 489 g/mol. The van der Waals surface area contributed by atoms with E-state index in [1.165, 1.54) is 0 Å². The van der Waals surface area contributed by atoms with Gasteiger partial charge in [-0.15, -0.1) is 0 Å². The molecule has 2 N–H and O–H groups in total. The highest BCUT2D eigenvalue weighted by atomic mass is 28.4. The summed E-state index contributed by atoms with van der Waals surface area (Å²) in [4.78, 5) is 6.69. The zero-order valence-electron chi connectivity index (χ0n) is 21.4. The standard InChI is InChI=1S/C25H40FN5O2Si/c1-25(2,3)34(5,6)33-18-19-8-7-9-21(24(19)26)29-12-14-30(15-13-29)22-10-11-23(28-27-22)31-16-20(17-31)32-4/h7-11,20,27-28H,12-18H2,1-6H3. The fourth-order valence-corrected chi connectivity index (χ4v) is 5.06. The molecule has 3 heterocycles.